The van der Waals surface area contributed by atoms with Crippen LogP contribution in [0.1, 0.15) is 48.6 Å². The average molecular weight is 367 g/mol. The van der Waals surface area contributed by atoms with Crippen LogP contribution in [0.15, 0.2) is 48.5 Å². The monoisotopic (exact) mass is 366 g/mol. The van der Waals surface area contributed by atoms with Gasteiger partial charge >= 0.3 is 6.16 Å². The minimum absolute atomic E-state index is 0.0432. The predicted octanol–water partition coefficient (Wildman–Crippen LogP) is 6.64. The topological polar surface area (TPSA) is 35.5 Å². The van der Waals surface area contributed by atoms with Crippen molar-refractivity contribution >= 4 is 29.4 Å². The molecule has 2 unspecified atom stereocenters. The second kappa shape index (κ2) is 8.95. The van der Waals surface area contributed by atoms with Crippen LogP contribution in [0.2, 0.25) is 0 Å². The Morgan fingerprint density at radius 3 is 1.42 bits per heavy atom. The van der Waals surface area contributed by atoms with Gasteiger partial charge in [0.05, 0.1) is 10.8 Å². The molecule has 5 heteroatoms. The number of ether oxygens (including phenoxy) is 2. The molecule has 0 saturated carbocycles. The number of halogens is 2. The van der Waals surface area contributed by atoms with E-state index in [9.17, 15) is 4.79 Å². The zero-order chi connectivity index (χ0) is 17.5. The summed E-state index contributed by atoms with van der Waals surface area (Å²) in [6.07, 6.45) is 0.883. The van der Waals surface area contributed by atoms with Crippen LogP contribution in [0.25, 0.3) is 0 Å². The maximum atomic E-state index is 11.8. The summed E-state index contributed by atoms with van der Waals surface area (Å²) in [5, 5.41) is -0.0863. The van der Waals surface area contributed by atoms with E-state index in [1.165, 1.54) is 0 Å². The highest BCUT2D eigenvalue weighted by Gasteiger charge is 2.11. The molecule has 0 fully saturated rings. The number of benzene rings is 2. The molecule has 24 heavy (non-hydrogen) atoms. The van der Waals surface area contributed by atoms with Gasteiger partial charge in [0, 0.05) is 0 Å². The second-order valence-electron chi connectivity index (χ2n) is 5.34. The molecule has 2 atom stereocenters. The second-order valence-corrected chi connectivity index (χ2v) is 6.40. The summed E-state index contributed by atoms with van der Waals surface area (Å²) in [6.45, 7) is 4.02. The number of carbonyl (C=O) groups is 1. The Balaban J connectivity index is 1.93. The summed E-state index contributed by atoms with van der Waals surface area (Å²) in [6, 6.07) is 14.1. The maximum Gasteiger partial charge on any atom is 0.519 e. The summed E-state index contributed by atoms with van der Waals surface area (Å²) >= 11 is 12.3. The van der Waals surface area contributed by atoms with Crippen LogP contribution in [-0.2, 0) is 0 Å². The quantitative estimate of drug-likeness (QED) is 0.326. The smallest absolute Gasteiger partial charge is 0.395 e. The fraction of sp³-hybridized carbons (Fsp3) is 0.316. The molecule has 0 aromatic heterocycles. The normalized spacial score (nSPS) is 13.2. The largest absolute Gasteiger partial charge is 0.519 e. The molecule has 0 aliphatic rings. The van der Waals surface area contributed by atoms with Gasteiger partial charge in [-0.3, -0.25) is 0 Å². The molecule has 2 aromatic rings. The Hall–Kier alpha value is -1.71. The zero-order valence-corrected chi connectivity index (χ0v) is 15.2. The first kappa shape index (κ1) is 18.6. The van der Waals surface area contributed by atoms with E-state index in [4.69, 9.17) is 32.7 Å². The lowest BCUT2D eigenvalue weighted by Crippen LogP contribution is -2.13. The van der Waals surface area contributed by atoms with E-state index in [1.807, 2.05) is 38.1 Å². The first-order valence-corrected chi connectivity index (χ1v) is 8.78. The summed E-state index contributed by atoms with van der Waals surface area (Å²) in [5.74, 6) is 0.819. The van der Waals surface area contributed by atoms with Crippen molar-refractivity contribution in [3.8, 4) is 11.5 Å². The molecule has 0 aliphatic heterocycles. The van der Waals surface area contributed by atoms with Crippen molar-refractivity contribution in [3.05, 3.63) is 59.7 Å². The van der Waals surface area contributed by atoms with Gasteiger partial charge in [-0.25, -0.2) is 4.79 Å². The van der Waals surface area contributed by atoms with Crippen molar-refractivity contribution in [2.45, 2.75) is 37.4 Å². The minimum Gasteiger partial charge on any atom is -0.395 e. The van der Waals surface area contributed by atoms with Crippen LogP contribution in [0, 0.1) is 0 Å². The number of rotatable bonds is 6. The SMILES string of the molecule is CCC(Cl)c1ccc(OC(=O)Oc2ccc(C(Cl)CC)cc2)cc1. The van der Waals surface area contributed by atoms with E-state index in [0.717, 1.165) is 24.0 Å². The summed E-state index contributed by atoms with van der Waals surface area (Å²) < 4.78 is 10.3. The van der Waals surface area contributed by atoms with Crippen LogP contribution >= 0.6 is 23.2 Å². The number of hydrogen-bond acceptors (Lipinski definition) is 3. The summed E-state index contributed by atoms with van der Waals surface area (Å²) in [4.78, 5) is 11.8. The lowest BCUT2D eigenvalue weighted by atomic mass is 10.1. The van der Waals surface area contributed by atoms with Crippen LogP contribution in [0.3, 0.4) is 0 Å². The average Bonchev–Trinajstić information content (AvgIpc) is 2.61. The van der Waals surface area contributed by atoms with Crippen molar-refractivity contribution in [1.29, 1.82) is 0 Å². The van der Waals surface area contributed by atoms with Gasteiger partial charge in [0.2, 0.25) is 0 Å². The summed E-state index contributed by atoms with van der Waals surface area (Å²) in [7, 11) is 0. The molecular weight excluding hydrogens is 347 g/mol. The summed E-state index contributed by atoms with van der Waals surface area (Å²) in [5.41, 5.74) is 1.98. The Kier molecular flexibility index (Phi) is 6.95. The van der Waals surface area contributed by atoms with Gasteiger partial charge in [-0.2, -0.15) is 0 Å². The molecule has 2 rings (SSSR count). The highest BCUT2D eigenvalue weighted by atomic mass is 35.5. The van der Waals surface area contributed by atoms with Gasteiger partial charge in [0.25, 0.3) is 0 Å². The minimum atomic E-state index is -0.786. The van der Waals surface area contributed by atoms with Crippen LogP contribution < -0.4 is 9.47 Å². The van der Waals surface area contributed by atoms with Crippen molar-refractivity contribution in [2.24, 2.45) is 0 Å². The van der Waals surface area contributed by atoms with E-state index in [-0.39, 0.29) is 10.8 Å². The van der Waals surface area contributed by atoms with Gasteiger partial charge in [0.15, 0.2) is 0 Å². The molecule has 128 valence electrons. The molecule has 0 heterocycles. The van der Waals surface area contributed by atoms with E-state index in [2.05, 4.69) is 0 Å². The molecule has 0 amide bonds. The number of hydrogen-bond donors (Lipinski definition) is 0. The highest BCUT2D eigenvalue weighted by Crippen LogP contribution is 2.27. The molecule has 3 nitrogen and oxygen atoms in total. The standard InChI is InChI=1S/C19H20Cl2O3/c1-3-17(20)13-5-9-15(10-6-13)23-19(22)24-16-11-7-14(8-12-16)18(21)4-2/h5-12,17-18H,3-4H2,1-2H3. The van der Waals surface area contributed by atoms with Gasteiger partial charge in [-0.05, 0) is 48.2 Å². The molecule has 0 radical (unpaired) electrons. The Morgan fingerprint density at radius 1 is 0.792 bits per heavy atom. The number of carbonyl (C=O) groups excluding carboxylic acids is 1. The Bertz CT molecular complexity index is 596. The van der Waals surface area contributed by atoms with Gasteiger partial charge < -0.3 is 9.47 Å². The third-order valence-corrected chi connectivity index (χ3v) is 4.72. The lowest BCUT2D eigenvalue weighted by Gasteiger charge is -2.10. The van der Waals surface area contributed by atoms with E-state index in [0.29, 0.717) is 11.5 Å². The zero-order valence-electron chi connectivity index (χ0n) is 13.7. The molecule has 2 aromatic carbocycles. The third kappa shape index (κ3) is 5.15. The molecule has 0 aliphatic carbocycles. The molecular formula is C19H20Cl2O3. The fourth-order valence-corrected chi connectivity index (χ4v) is 2.47. The van der Waals surface area contributed by atoms with Gasteiger partial charge in [0.1, 0.15) is 11.5 Å². The van der Waals surface area contributed by atoms with Crippen LogP contribution in [0.5, 0.6) is 11.5 Å². The molecule has 0 bridgehead atoms. The molecule has 0 saturated heterocycles. The van der Waals surface area contributed by atoms with Crippen molar-refractivity contribution < 1.29 is 14.3 Å². The van der Waals surface area contributed by atoms with Gasteiger partial charge in [-0.15, -0.1) is 23.2 Å². The Labute approximate surface area is 152 Å². The van der Waals surface area contributed by atoms with E-state index >= 15 is 0 Å². The van der Waals surface area contributed by atoms with Crippen molar-refractivity contribution in [1.82, 2.24) is 0 Å². The van der Waals surface area contributed by atoms with E-state index in [1.54, 1.807) is 24.3 Å². The van der Waals surface area contributed by atoms with Crippen LogP contribution in [-0.4, -0.2) is 6.16 Å². The highest BCUT2D eigenvalue weighted by molar-refractivity contribution is 6.21. The van der Waals surface area contributed by atoms with Gasteiger partial charge in [-0.1, -0.05) is 38.1 Å². The predicted molar refractivity (Wildman–Crippen MR) is 97.3 cm³/mol. The fourth-order valence-electron chi connectivity index (χ4n) is 2.17. The van der Waals surface area contributed by atoms with Crippen molar-refractivity contribution in [2.75, 3.05) is 0 Å². The number of alkyl halides is 2. The lowest BCUT2D eigenvalue weighted by molar-refractivity contribution is 0.152. The van der Waals surface area contributed by atoms with E-state index < -0.39 is 6.16 Å². The van der Waals surface area contributed by atoms with Crippen LogP contribution in [0.4, 0.5) is 4.79 Å². The molecule has 0 N–H and O–H groups in total. The van der Waals surface area contributed by atoms with Crippen molar-refractivity contribution in [3.63, 3.8) is 0 Å². The third-order valence-electron chi connectivity index (χ3n) is 3.60. The Morgan fingerprint density at radius 2 is 1.12 bits per heavy atom. The molecule has 0 spiro atoms. The first-order chi connectivity index (χ1) is 11.5. The first-order valence-electron chi connectivity index (χ1n) is 7.91. The maximum absolute atomic E-state index is 11.8.